The number of benzene rings is 2. The van der Waals surface area contributed by atoms with Gasteiger partial charge in [-0.1, -0.05) is 73.3 Å². The highest BCUT2D eigenvalue weighted by atomic mass is 16.6. The van der Waals surface area contributed by atoms with Crippen LogP contribution >= 0.6 is 0 Å². The van der Waals surface area contributed by atoms with Crippen LogP contribution in [0.1, 0.15) is 50.3 Å². The number of hydrogen-bond donors (Lipinski definition) is 0. The number of esters is 2. The first-order valence-corrected chi connectivity index (χ1v) is 12.5. The summed E-state index contributed by atoms with van der Waals surface area (Å²) in [5.41, 5.74) is 2.75. The standard InChI is InChI=1S/C30H32O6/c1-19-11-10-16-30(3)27(36-30)26-23(20(2)28(31)35-26)17-24(19)34-25(22-14-8-5-9-15-22)29(32)33-18-21-12-6-4-7-13-21/h4-9,11-15,23-27H,2,10,16-18H2,1,3H3/b19-11+/t23-,24-,25?,26-,27-,30+/m0/s1. The van der Waals surface area contributed by atoms with E-state index in [9.17, 15) is 9.59 Å². The van der Waals surface area contributed by atoms with Gasteiger partial charge in [-0.25, -0.2) is 9.59 Å². The fraction of sp³-hybridized carbons (Fsp3) is 0.400. The summed E-state index contributed by atoms with van der Waals surface area (Å²) < 4.78 is 24.0. The van der Waals surface area contributed by atoms with E-state index < -0.39 is 24.3 Å². The first-order valence-electron chi connectivity index (χ1n) is 12.5. The molecule has 2 heterocycles. The van der Waals surface area contributed by atoms with Gasteiger partial charge in [0.25, 0.3) is 0 Å². The van der Waals surface area contributed by atoms with Gasteiger partial charge in [-0.3, -0.25) is 0 Å². The fourth-order valence-electron chi connectivity index (χ4n) is 5.22. The van der Waals surface area contributed by atoms with Gasteiger partial charge in [-0.15, -0.1) is 0 Å². The molecule has 2 aromatic carbocycles. The highest BCUT2D eigenvalue weighted by Gasteiger charge is 2.61. The average molecular weight is 489 g/mol. The zero-order valence-electron chi connectivity index (χ0n) is 20.7. The second-order valence-corrected chi connectivity index (χ2v) is 10.1. The summed E-state index contributed by atoms with van der Waals surface area (Å²) in [4.78, 5) is 25.8. The number of carbonyl (C=O) groups is 2. The van der Waals surface area contributed by atoms with E-state index in [4.69, 9.17) is 18.9 Å². The van der Waals surface area contributed by atoms with Crippen molar-refractivity contribution in [2.45, 2.75) is 69.7 Å². The number of fused-ring (bicyclic) bond motifs is 3. The van der Waals surface area contributed by atoms with Crippen molar-refractivity contribution >= 4 is 11.9 Å². The monoisotopic (exact) mass is 488 g/mol. The normalized spacial score (nSPS) is 31.8. The van der Waals surface area contributed by atoms with Crippen molar-refractivity contribution in [2.75, 3.05) is 0 Å². The van der Waals surface area contributed by atoms with Gasteiger partial charge >= 0.3 is 11.9 Å². The molecule has 1 unspecified atom stereocenters. The minimum absolute atomic E-state index is 0.154. The molecule has 0 aromatic heterocycles. The maximum atomic E-state index is 13.3. The van der Waals surface area contributed by atoms with Crippen LogP contribution in [0.15, 0.2) is 84.5 Å². The molecular formula is C30H32O6. The Hall–Kier alpha value is -3.22. The molecular weight excluding hydrogens is 456 g/mol. The Morgan fingerprint density at radius 1 is 1.14 bits per heavy atom. The molecule has 1 aliphatic carbocycles. The number of allylic oxidation sites excluding steroid dienone is 1. The molecule has 2 fully saturated rings. The third kappa shape index (κ3) is 5.01. The largest absolute Gasteiger partial charge is 0.459 e. The van der Waals surface area contributed by atoms with Gasteiger partial charge in [0.15, 0.2) is 6.10 Å². The molecule has 2 saturated heterocycles. The SMILES string of the molecule is C=C1C(=O)O[C@H]2[C@H]1C[C@H](OC(C(=O)OCc1ccccc1)c1ccccc1)/C(C)=C/CC[C@@]1(C)O[C@@H]21. The summed E-state index contributed by atoms with van der Waals surface area (Å²) in [6, 6.07) is 18.9. The van der Waals surface area contributed by atoms with E-state index in [1.807, 2.05) is 67.6 Å². The van der Waals surface area contributed by atoms with Gasteiger partial charge in [0.1, 0.15) is 18.8 Å². The summed E-state index contributed by atoms with van der Waals surface area (Å²) >= 11 is 0. The van der Waals surface area contributed by atoms with Crippen LogP contribution in [0.2, 0.25) is 0 Å². The number of ether oxygens (including phenoxy) is 4. The first-order chi connectivity index (χ1) is 17.4. The second kappa shape index (κ2) is 10.0. The van der Waals surface area contributed by atoms with Crippen LogP contribution in [0.4, 0.5) is 0 Å². The van der Waals surface area contributed by atoms with E-state index in [1.165, 1.54) is 0 Å². The Morgan fingerprint density at radius 3 is 2.56 bits per heavy atom. The van der Waals surface area contributed by atoms with Crippen LogP contribution in [0.5, 0.6) is 0 Å². The van der Waals surface area contributed by atoms with Crippen LogP contribution in [-0.2, 0) is 35.1 Å². The van der Waals surface area contributed by atoms with Crippen LogP contribution < -0.4 is 0 Å². The predicted octanol–water partition coefficient (Wildman–Crippen LogP) is 5.24. The second-order valence-electron chi connectivity index (χ2n) is 10.1. The van der Waals surface area contributed by atoms with Crippen LogP contribution in [0, 0.1) is 5.92 Å². The molecule has 6 heteroatoms. The lowest BCUT2D eigenvalue weighted by Crippen LogP contribution is -2.34. The number of carbonyl (C=O) groups excluding carboxylic acids is 2. The fourth-order valence-corrected chi connectivity index (χ4v) is 5.22. The summed E-state index contributed by atoms with van der Waals surface area (Å²) in [5.74, 6) is -1.10. The van der Waals surface area contributed by atoms with Crippen LogP contribution in [-0.4, -0.2) is 35.9 Å². The van der Waals surface area contributed by atoms with E-state index in [-0.39, 0.29) is 30.2 Å². The first kappa shape index (κ1) is 24.5. The summed E-state index contributed by atoms with van der Waals surface area (Å²) in [5, 5.41) is 0. The smallest absolute Gasteiger partial charge is 0.340 e. The molecule has 0 N–H and O–H groups in total. The molecule has 2 aromatic rings. The van der Waals surface area contributed by atoms with Gasteiger partial charge in [0.05, 0.1) is 11.7 Å². The van der Waals surface area contributed by atoms with E-state index in [1.54, 1.807) is 0 Å². The molecule has 6 nitrogen and oxygen atoms in total. The molecule has 2 aliphatic heterocycles. The number of hydrogen-bond acceptors (Lipinski definition) is 6. The van der Waals surface area contributed by atoms with Gasteiger partial charge < -0.3 is 18.9 Å². The number of epoxide rings is 1. The van der Waals surface area contributed by atoms with Crippen molar-refractivity contribution in [3.05, 3.63) is 95.6 Å². The van der Waals surface area contributed by atoms with Crippen molar-refractivity contribution in [1.29, 1.82) is 0 Å². The van der Waals surface area contributed by atoms with Gasteiger partial charge in [0.2, 0.25) is 0 Å². The Labute approximate surface area is 211 Å². The third-order valence-corrected chi connectivity index (χ3v) is 7.51. The van der Waals surface area contributed by atoms with E-state index in [2.05, 4.69) is 19.6 Å². The zero-order chi connectivity index (χ0) is 25.3. The molecule has 188 valence electrons. The molecule has 0 bridgehead atoms. The van der Waals surface area contributed by atoms with E-state index in [0.29, 0.717) is 17.6 Å². The van der Waals surface area contributed by atoms with Gasteiger partial charge in [0, 0.05) is 11.5 Å². The van der Waals surface area contributed by atoms with E-state index in [0.717, 1.165) is 24.0 Å². The van der Waals surface area contributed by atoms with Crippen molar-refractivity contribution in [2.24, 2.45) is 5.92 Å². The average Bonchev–Trinajstić information content (AvgIpc) is 3.48. The van der Waals surface area contributed by atoms with Gasteiger partial charge in [-0.2, -0.15) is 0 Å². The highest BCUT2D eigenvalue weighted by molar-refractivity contribution is 5.91. The zero-order valence-corrected chi connectivity index (χ0v) is 20.7. The predicted molar refractivity (Wildman–Crippen MR) is 134 cm³/mol. The maximum Gasteiger partial charge on any atom is 0.340 e. The van der Waals surface area contributed by atoms with Crippen molar-refractivity contribution in [1.82, 2.24) is 0 Å². The van der Waals surface area contributed by atoms with Crippen LogP contribution in [0.25, 0.3) is 0 Å². The maximum absolute atomic E-state index is 13.3. The summed E-state index contributed by atoms with van der Waals surface area (Å²) in [6.45, 7) is 8.25. The van der Waals surface area contributed by atoms with Crippen molar-refractivity contribution in [3.63, 3.8) is 0 Å². The van der Waals surface area contributed by atoms with E-state index >= 15 is 0 Å². The van der Waals surface area contributed by atoms with Crippen molar-refractivity contribution < 1.29 is 28.5 Å². The lowest BCUT2D eigenvalue weighted by molar-refractivity contribution is -0.162. The summed E-state index contributed by atoms with van der Waals surface area (Å²) in [6.07, 6.45) is 2.33. The van der Waals surface area contributed by atoms with Crippen LogP contribution in [0.3, 0.4) is 0 Å². The minimum Gasteiger partial charge on any atom is -0.459 e. The molecule has 3 aliphatic rings. The van der Waals surface area contributed by atoms with Crippen molar-refractivity contribution in [3.8, 4) is 0 Å². The van der Waals surface area contributed by atoms with Gasteiger partial charge in [-0.05, 0) is 49.8 Å². The Bertz CT molecular complexity index is 1160. The number of rotatable bonds is 6. The Kier molecular flexibility index (Phi) is 6.82. The minimum atomic E-state index is -0.918. The quantitative estimate of drug-likeness (QED) is 0.240. The Morgan fingerprint density at radius 2 is 1.83 bits per heavy atom. The molecule has 0 radical (unpaired) electrons. The molecule has 6 atom stereocenters. The molecule has 5 rings (SSSR count). The molecule has 0 amide bonds. The highest BCUT2D eigenvalue weighted by Crippen LogP contribution is 2.50. The summed E-state index contributed by atoms with van der Waals surface area (Å²) in [7, 11) is 0. The molecule has 0 saturated carbocycles. The lowest BCUT2D eigenvalue weighted by atomic mass is 9.83. The molecule has 36 heavy (non-hydrogen) atoms. The molecule has 0 spiro atoms. The lowest BCUT2D eigenvalue weighted by Gasteiger charge is -2.29. The Balaban J connectivity index is 1.40. The third-order valence-electron chi connectivity index (χ3n) is 7.51. The topological polar surface area (TPSA) is 74.4 Å².